The van der Waals surface area contributed by atoms with Crippen molar-refractivity contribution in [1.82, 2.24) is 9.97 Å². The number of hydrogen-bond acceptors (Lipinski definition) is 2. The van der Waals surface area contributed by atoms with Crippen LogP contribution in [0.5, 0.6) is 0 Å². The largest absolute Gasteiger partial charge is 0.342 e. The van der Waals surface area contributed by atoms with E-state index in [1.54, 1.807) is 6.20 Å². The molecule has 16 heavy (non-hydrogen) atoms. The van der Waals surface area contributed by atoms with Crippen LogP contribution in [0.15, 0.2) is 30.5 Å². The lowest BCUT2D eigenvalue weighted by Crippen LogP contribution is -1.86. The Hall–Kier alpha value is -1.79. The Kier molecular flexibility index (Phi) is 3.23. The van der Waals surface area contributed by atoms with Gasteiger partial charge in [-0.25, -0.2) is 4.98 Å². The number of imidazole rings is 1. The van der Waals surface area contributed by atoms with Crippen LogP contribution in [0.25, 0.3) is 11.3 Å². The van der Waals surface area contributed by atoms with Gasteiger partial charge in [0.15, 0.2) is 0 Å². The molecule has 1 heterocycles. The highest BCUT2D eigenvalue weighted by molar-refractivity contribution is 6.30. The number of nitriles is 1. The lowest BCUT2D eigenvalue weighted by molar-refractivity contribution is 0.918. The molecule has 0 atom stereocenters. The Bertz CT molecular complexity index is 508. The number of aromatic nitrogens is 2. The van der Waals surface area contributed by atoms with Crippen molar-refractivity contribution < 1.29 is 0 Å². The minimum atomic E-state index is 0.480. The van der Waals surface area contributed by atoms with Crippen LogP contribution in [-0.4, -0.2) is 9.97 Å². The maximum Gasteiger partial charge on any atom is 0.107 e. The molecule has 1 aromatic heterocycles. The number of nitrogens with zero attached hydrogens (tertiary/aromatic N) is 2. The molecule has 0 radical (unpaired) electrons. The van der Waals surface area contributed by atoms with Crippen molar-refractivity contribution in [2.75, 3.05) is 0 Å². The van der Waals surface area contributed by atoms with Gasteiger partial charge in [0.2, 0.25) is 0 Å². The van der Waals surface area contributed by atoms with E-state index >= 15 is 0 Å². The molecule has 0 aliphatic rings. The second-order valence-corrected chi connectivity index (χ2v) is 3.85. The van der Waals surface area contributed by atoms with Gasteiger partial charge >= 0.3 is 0 Å². The molecule has 0 amide bonds. The van der Waals surface area contributed by atoms with Gasteiger partial charge < -0.3 is 4.98 Å². The number of aromatic amines is 1. The van der Waals surface area contributed by atoms with Crippen molar-refractivity contribution in [3.8, 4) is 17.3 Å². The van der Waals surface area contributed by atoms with Crippen molar-refractivity contribution in [3.63, 3.8) is 0 Å². The molecule has 1 aromatic carbocycles. The van der Waals surface area contributed by atoms with Crippen molar-refractivity contribution in [2.45, 2.75) is 12.8 Å². The third kappa shape index (κ3) is 2.41. The average molecular weight is 232 g/mol. The number of nitrogens with one attached hydrogen (secondary N) is 1. The number of hydrogen-bond donors (Lipinski definition) is 1. The van der Waals surface area contributed by atoms with Crippen LogP contribution < -0.4 is 0 Å². The fourth-order valence-electron chi connectivity index (χ4n) is 1.44. The predicted molar refractivity (Wildman–Crippen MR) is 63.0 cm³/mol. The van der Waals surface area contributed by atoms with Gasteiger partial charge in [0.05, 0.1) is 18.0 Å². The van der Waals surface area contributed by atoms with Crippen LogP contribution in [0.1, 0.15) is 12.2 Å². The van der Waals surface area contributed by atoms with Crippen LogP contribution in [0.2, 0.25) is 5.02 Å². The summed E-state index contributed by atoms with van der Waals surface area (Å²) in [6.07, 6.45) is 2.91. The number of rotatable bonds is 3. The highest BCUT2D eigenvalue weighted by Crippen LogP contribution is 2.19. The lowest BCUT2D eigenvalue weighted by atomic mass is 10.2. The van der Waals surface area contributed by atoms with E-state index in [1.165, 1.54) is 0 Å². The van der Waals surface area contributed by atoms with Crippen LogP contribution in [-0.2, 0) is 6.42 Å². The molecule has 2 aromatic rings. The Morgan fingerprint density at radius 2 is 2.06 bits per heavy atom. The molecule has 0 saturated carbocycles. The topological polar surface area (TPSA) is 52.5 Å². The van der Waals surface area contributed by atoms with Gasteiger partial charge in [-0.1, -0.05) is 23.7 Å². The molecule has 80 valence electrons. The smallest absolute Gasteiger partial charge is 0.107 e. The van der Waals surface area contributed by atoms with Crippen molar-refractivity contribution in [1.29, 1.82) is 5.26 Å². The van der Waals surface area contributed by atoms with E-state index in [9.17, 15) is 0 Å². The molecule has 2 rings (SSSR count). The highest BCUT2D eigenvalue weighted by atomic mass is 35.5. The number of aryl methyl sites for hydroxylation is 1. The summed E-state index contributed by atoms with van der Waals surface area (Å²) in [5, 5.41) is 9.19. The molecule has 3 nitrogen and oxygen atoms in total. The first-order valence-corrected chi connectivity index (χ1v) is 5.34. The fourth-order valence-corrected chi connectivity index (χ4v) is 1.57. The zero-order valence-corrected chi connectivity index (χ0v) is 9.33. The second kappa shape index (κ2) is 4.82. The first kappa shape index (κ1) is 10.7. The van der Waals surface area contributed by atoms with Gasteiger partial charge in [-0.3, -0.25) is 0 Å². The highest BCUT2D eigenvalue weighted by Gasteiger charge is 2.02. The Morgan fingerprint density at radius 3 is 2.75 bits per heavy atom. The lowest BCUT2D eigenvalue weighted by Gasteiger charge is -1.97. The Labute approximate surface area is 98.7 Å². The molecule has 1 N–H and O–H groups in total. The number of H-pyrrole nitrogens is 1. The van der Waals surface area contributed by atoms with Gasteiger partial charge in [0.1, 0.15) is 5.82 Å². The van der Waals surface area contributed by atoms with E-state index in [0.29, 0.717) is 17.9 Å². The summed E-state index contributed by atoms with van der Waals surface area (Å²) in [5.74, 6) is 0.839. The SMILES string of the molecule is N#CCCc1ncc(-c2ccc(Cl)cc2)[nH]1. The van der Waals surface area contributed by atoms with Crippen molar-refractivity contribution in [2.24, 2.45) is 0 Å². The molecule has 0 aliphatic heterocycles. The van der Waals surface area contributed by atoms with Crippen molar-refractivity contribution in [3.05, 3.63) is 41.3 Å². The third-order valence-corrected chi connectivity index (χ3v) is 2.51. The molecule has 0 bridgehead atoms. The van der Waals surface area contributed by atoms with Crippen molar-refractivity contribution >= 4 is 11.6 Å². The van der Waals surface area contributed by atoms with Crippen LogP contribution in [0.3, 0.4) is 0 Å². The molecular formula is C12H10ClN3. The third-order valence-electron chi connectivity index (χ3n) is 2.26. The van der Waals surface area contributed by atoms with Gasteiger partial charge in [-0.05, 0) is 17.7 Å². The summed E-state index contributed by atoms with van der Waals surface area (Å²) in [5.41, 5.74) is 1.99. The van der Waals surface area contributed by atoms with Crippen LogP contribution in [0.4, 0.5) is 0 Å². The number of halogens is 1. The summed E-state index contributed by atoms with van der Waals surface area (Å²) < 4.78 is 0. The standard InChI is InChI=1S/C12H10ClN3/c13-10-5-3-9(4-6-10)11-8-15-12(16-11)2-1-7-14/h3-6,8H,1-2H2,(H,15,16). The average Bonchev–Trinajstić information content (AvgIpc) is 2.76. The quantitative estimate of drug-likeness (QED) is 0.882. The first-order valence-electron chi connectivity index (χ1n) is 4.96. The van der Waals surface area contributed by atoms with E-state index in [2.05, 4.69) is 16.0 Å². The summed E-state index contributed by atoms with van der Waals surface area (Å²) >= 11 is 5.81. The van der Waals surface area contributed by atoms with E-state index < -0.39 is 0 Å². The minimum absolute atomic E-state index is 0.480. The fraction of sp³-hybridized carbons (Fsp3) is 0.167. The maximum atomic E-state index is 8.48. The van der Waals surface area contributed by atoms with E-state index in [-0.39, 0.29) is 0 Å². The summed E-state index contributed by atoms with van der Waals surface area (Å²) in [6, 6.07) is 9.64. The van der Waals surface area contributed by atoms with Gasteiger partial charge in [-0.2, -0.15) is 5.26 Å². The molecule has 0 saturated heterocycles. The van der Waals surface area contributed by atoms with E-state index in [4.69, 9.17) is 16.9 Å². The molecule has 0 aliphatic carbocycles. The monoisotopic (exact) mass is 231 g/mol. The summed E-state index contributed by atoms with van der Waals surface area (Å²) in [6.45, 7) is 0. The van der Waals surface area contributed by atoms with Gasteiger partial charge in [-0.15, -0.1) is 0 Å². The second-order valence-electron chi connectivity index (χ2n) is 3.41. The van der Waals surface area contributed by atoms with E-state index in [1.807, 2.05) is 24.3 Å². The zero-order chi connectivity index (χ0) is 11.4. The van der Waals surface area contributed by atoms with Crippen LogP contribution >= 0.6 is 11.6 Å². The normalized spacial score (nSPS) is 10.0. The van der Waals surface area contributed by atoms with E-state index in [0.717, 1.165) is 17.1 Å². The minimum Gasteiger partial charge on any atom is -0.342 e. The maximum absolute atomic E-state index is 8.48. The molecule has 0 fully saturated rings. The molecular weight excluding hydrogens is 222 g/mol. The summed E-state index contributed by atoms with van der Waals surface area (Å²) in [4.78, 5) is 7.39. The van der Waals surface area contributed by atoms with Gasteiger partial charge in [0, 0.05) is 17.9 Å². The molecule has 4 heteroatoms. The van der Waals surface area contributed by atoms with Gasteiger partial charge in [0.25, 0.3) is 0 Å². The predicted octanol–water partition coefficient (Wildman–Crippen LogP) is 3.19. The number of benzene rings is 1. The zero-order valence-electron chi connectivity index (χ0n) is 8.57. The molecule has 0 unspecified atom stereocenters. The Morgan fingerprint density at radius 1 is 1.31 bits per heavy atom. The Balaban J connectivity index is 2.18. The molecule has 0 spiro atoms. The first-order chi connectivity index (χ1) is 7.79. The summed E-state index contributed by atoms with van der Waals surface area (Å²) in [7, 11) is 0. The van der Waals surface area contributed by atoms with Crippen LogP contribution in [0, 0.1) is 11.3 Å².